The van der Waals surface area contributed by atoms with Gasteiger partial charge in [0, 0.05) is 11.6 Å². The Kier molecular flexibility index (Phi) is 2.94. The van der Waals surface area contributed by atoms with Crippen LogP contribution in [0.1, 0.15) is 45.7 Å². The Morgan fingerprint density at radius 1 is 1.38 bits per heavy atom. The Labute approximate surface area is 98.0 Å². The first kappa shape index (κ1) is 11.5. The van der Waals surface area contributed by atoms with Gasteiger partial charge < -0.3 is 10.1 Å². The van der Waals surface area contributed by atoms with Gasteiger partial charge in [-0.2, -0.15) is 0 Å². The lowest BCUT2D eigenvalue weighted by atomic mass is 9.93. The van der Waals surface area contributed by atoms with Crippen LogP contribution in [0.15, 0.2) is 24.3 Å². The minimum Gasteiger partial charge on any atom is -0.486 e. The van der Waals surface area contributed by atoms with Crippen LogP contribution in [0, 0.1) is 0 Å². The molecule has 0 saturated heterocycles. The molecule has 1 aliphatic heterocycles. The van der Waals surface area contributed by atoms with Crippen molar-refractivity contribution in [3.05, 3.63) is 29.8 Å². The van der Waals surface area contributed by atoms with Crippen LogP contribution in [-0.2, 0) is 0 Å². The second kappa shape index (κ2) is 4.10. The second-order valence-corrected chi connectivity index (χ2v) is 5.15. The molecule has 0 aliphatic carbocycles. The third kappa shape index (κ3) is 1.94. The Morgan fingerprint density at radius 2 is 2.06 bits per heavy atom. The van der Waals surface area contributed by atoms with Crippen LogP contribution in [0.25, 0.3) is 0 Å². The lowest BCUT2D eigenvalue weighted by molar-refractivity contribution is 0.0916. The average molecular weight is 219 g/mol. The summed E-state index contributed by atoms with van der Waals surface area (Å²) in [4.78, 5) is 0. The van der Waals surface area contributed by atoms with Crippen molar-refractivity contribution in [1.29, 1.82) is 0 Å². The Balaban J connectivity index is 2.28. The van der Waals surface area contributed by atoms with E-state index in [0.717, 1.165) is 12.2 Å². The number of fused-ring (bicyclic) bond motifs is 1. The quantitative estimate of drug-likeness (QED) is 0.842. The largest absolute Gasteiger partial charge is 0.486 e. The van der Waals surface area contributed by atoms with Crippen molar-refractivity contribution in [2.24, 2.45) is 0 Å². The van der Waals surface area contributed by atoms with Gasteiger partial charge in [0.05, 0.1) is 6.04 Å². The van der Waals surface area contributed by atoms with Crippen LogP contribution in [0.5, 0.6) is 5.75 Å². The molecule has 0 fully saturated rings. The third-order valence-corrected chi connectivity index (χ3v) is 3.36. The topological polar surface area (TPSA) is 21.3 Å². The van der Waals surface area contributed by atoms with Crippen molar-refractivity contribution >= 4 is 0 Å². The molecule has 0 bridgehead atoms. The van der Waals surface area contributed by atoms with Crippen LogP contribution in [0.3, 0.4) is 0 Å². The SMILES string of the molecule is CCC(C)NC1c2ccccc2OC1(C)C. The van der Waals surface area contributed by atoms with E-state index in [0.29, 0.717) is 12.1 Å². The first-order valence-corrected chi connectivity index (χ1v) is 6.08. The molecule has 0 saturated carbocycles. The molecule has 0 radical (unpaired) electrons. The van der Waals surface area contributed by atoms with Crippen LogP contribution >= 0.6 is 0 Å². The Bertz CT molecular complexity index is 373. The molecule has 0 spiro atoms. The summed E-state index contributed by atoms with van der Waals surface area (Å²) in [5.41, 5.74) is 1.13. The van der Waals surface area contributed by atoms with E-state index in [-0.39, 0.29) is 5.60 Å². The van der Waals surface area contributed by atoms with E-state index in [2.05, 4.69) is 51.2 Å². The summed E-state index contributed by atoms with van der Waals surface area (Å²) < 4.78 is 5.99. The minimum absolute atomic E-state index is 0.160. The van der Waals surface area contributed by atoms with Gasteiger partial charge in [-0.1, -0.05) is 25.1 Å². The molecule has 2 atom stereocenters. The van der Waals surface area contributed by atoms with Gasteiger partial charge in [0.25, 0.3) is 0 Å². The molecule has 2 rings (SSSR count). The molecule has 2 unspecified atom stereocenters. The highest BCUT2D eigenvalue weighted by atomic mass is 16.5. The minimum atomic E-state index is -0.160. The smallest absolute Gasteiger partial charge is 0.125 e. The highest BCUT2D eigenvalue weighted by Gasteiger charge is 2.41. The molecule has 1 aromatic rings. The van der Waals surface area contributed by atoms with Crippen LogP contribution in [0.4, 0.5) is 0 Å². The third-order valence-electron chi connectivity index (χ3n) is 3.36. The number of hydrogen-bond donors (Lipinski definition) is 1. The van der Waals surface area contributed by atoms with Crippen LogP contribution < -0.4 is 10.1 Å². The molecule has 16 heavy (non-hydrogen) atoms. The van der Waals surface area contributed by atoms with Crippen molar-refractivity contribution < 1.29 is 4.74 Å². The highest BCUT2D eigenvalue weighted by Crippen LogP contribution is 2.42. The average Bonchev–Trinajstić information content (AvgIpc) is 2.50. The molecule has 1 aliphatic rings. The molecular weight excluding hydrogens is 198 g/mol. The molecule has 0 amide bonds. The summed E-state index contributed by atoms with van der Waals surface area (Å²) in [7, 11) is 0. The summed E-state index contributed by atoms with van der Waals surface area (Å²) in [5, 5.41) is 3.65. The lowest BCUT2D eigenvalue weighted by Crippen LogP contribution is -2.42. The summed E-state index contributed by atoms with van der Waals surface area (Å²) >= 11 is 0. The van der Waals surface area contributed by atoms with Crippen molar-refractivity contribution in [2.75, 3.05) is 0 Å². The molecule has 2 nitrogen and oxygen atoms in total. The van der Waals surface area contributed by atoms with Gasteiger partial charge in [0.15, 0.2) is 0 Å². The van der Waals surface area contributed by atoms with Crippen molar-refractivity contribution in [3.63, 3.8) is 0 Å². The molecule has 1 N–H and O–H groups in total. The first-order valence-electron chi connectivity index (χ1n) is 6.08. The second-order valence-electron chi connectivity index (χ2n) is 5.15. The molecule has 1 aromatic carbocycles. The molecule has 88 valence electrons. The molecule has 1 heterocycles. The number of hydrogen-bond acceptors (Lipinski definition) is 2. The van der Waals surface area contributed by atoms with E-state index >= 15 is 0 Å². The van der Waals surface area contributed by atoms with Crippen molar-refractivity contribution in [2.45, 2.75) is 51.8 Å². The van der Waals surface area contributed by atoms with Gasteiger partial charge in [-0.25, -0.2) is 0 Å². The van der Waals surface area contributed by atoms with E-state index in [1.807, 2.05) is 6.07 Å². The molecular formula is C14H21NO. The number of ether oxygens (including phenoxy) is 1. The van der Waals surface area contributed by atoms with E-state index in [1.165, 1.54) is 5.56 Å². The van der Waals surface area contributed by atoms with Crippen molar-refractivity contribution in [1.82, 2.24) is 5.32 Å². The zero-order chi connectivity index (χ0) is 11.8. The standard InChI is InChI=1S/C14H21NO/c1-5-10(2)15-13-11-8-6-7-9-12(11)16-14(13,3)4/h6-10,13,15H,5H2,1-4H3. The van der Waals surface area contributed by atoms with E-state index in [9.17, 15) is 0 Å². The summed E-state index contributed by atoms with van der Waals surface area (Å²) in [6.07, 6.45) is 1.13. The fourth-order valence-corrected chi connectivity index (χ4v) is 2.22. The maximum Gasteiger partial charge on any atom is 0.125 e. The monoisotopic (exact) mass is 219 g/mol. The predicted molar refractivity (Wildman–Crippen MR) is 66.8 cm³/mol. The van der Waals surface area contributed by atoms with Gasteiger partial charge in [0.1, 0.15) is 11.4 Å². The zero-order valence-corrected chi connectivity index (χ0v) is 10.6. The van der Waals surface area contributed by atoms with Gasteiger partial charge in [-0.05, 0) is 33.3 Å². The number of rotatable bonds is 3. The van der Waals surface area contributed by atoms with Gasteiger partial charge >= 0.3 is 0 Å². The lowest BCUT2D eigenvalue weighted by Gasteiger charge is -2.29. The van der Waals surface area contributed by atoms with Crippen molar-refractivity contribution in [3.8, 4) is 5.75 Å². The zero-order valence-electron chi connectivity index (χ0n) is 10.6. The normalized spacial score (nSPS) is 23.6. The van der Waals surface area contributed by atoms with Crippen LogP contribution in [0.2, 0.25) is 0 Å². The van der Waals surface area contributed by atoms with E-state index < -0.39 is 0 Å². The van der Waals surface area contributed by atoms with Crippen LogP contribution in [-0.4, -0.2) is 11.6 Å². The maximum atomic E-state index is 5.99. The molecule has 0 aromatic heterocycles. The summed E-state index contributed by atoms with van der Waals surface area (Å²) in [6.45, 7) is 8.71. The predicted octanol–water partition coefficient (Wildman–Crippen LogP) is 3.29. The first-order chi connectivity index (χ1) is 7.54. The Morgan fingerprint density at radius 3 is 2.75 bits per heavy atom. The van der Waals surface area contributed by atoms with Gasteiger partial charge in [-0.15, -0.1) is 0 Å². The van der Waals surface area contributed by atoms with Gasteiger partial charge in [0.2, 0.25) is 0 Å². The van der Waals surface area contributed by atoms with E-state index in [4.69, 9.17) is 4.74 Å². The number of para-hydroxylation sites is 1. The number of benzene rings is 1. The highest BCUT2D eigenvalue weighted by molar-refractivity contribution is 5.42. The maximum absolute atomic E-state index is 5.99. The van der Waals surface area contributed by atoms with E-state index in [1.54, 1.807) is 0 Å². The fourth-order valence-electron chi connectivity index (χ4n) is 2.22. The fraction of sp³-hybridized carbons (Fsp3) is 0.571. The Hall–Kier alpha value is -1.02. The number of nitrogens with one attached hydrogen (secondary N) is 1. The van der Waals surface area contributed by atoms with Gasteiger partial charge in [-0.3, -0.25) is 0 Å². The molecule has 2 heteroatoms. The summed E-state index contributed by atoms with van der Waals surface area (Å²) in [5.74, 6) is 1.02. The summed E-state index contributed by atoms with van der Waals surface area (Å²) in [6, 6.07) is 9.12.